The van der Waals surface area contributed by atoms with Gasteiger partial charge in [0, 0.05) is 38.2 Å². The van der Waals surface area contributed by atoms with Crippen LogP contribution in [0.4, 0.5) is 0 Å². The molecule has 0 unspecified atom stereocenters. The van der Waals surface area contributed by atoms with Crippen molar-refractivity contribution in [2.75, 3.05) is 26.8 Å². The molecule has 2 aromatic rings. The molecule has 5 nitrogen and oxygen atoms in total. The molecule has 5 heteroatoms. The van der Waals surface area contributed by atoms with Crippen molar-refractivity contribution in [3.63, 3.8) is 0 Å². The number of carbonyl (C=O) groups is 1. The van der Waals surface area contributed by atoms with Crippen LogP contribution >= 0.6 is 0 Å². The van der Waals surface area contributed by atoms with Crippen molar-refractivity contribution in [3.8, 4) is 0 Å². The summed E-state index contributed by atoms with van der Waals surface area (Å²) < 4.78 is 4.96. The molecule has 0 saturated carbocycles. The predicted molar refractivity (Wildman–Crippen MR) is 81.8 cm³/mol. The van der Waals surface area contributed by atoms with Gasteiger partial charge in [-0.15, -0.1) is 0 Å². The van der Waals surface area contributed by atoms with Crippen LogP contribution in [-0.2, 0) is 9.53 Å². The predicted octanol–water partition coefficient (Wildman–Crippen LogP) is 2.22. The second-order valence-electron chi connectivity index (χ2n) is 5.16. The fourth-order valence-electron chi connectivity index (χ4n) is 2.69. The lowest BCUT2D eigenvalue weighted by Crippen LogP contribution is -2.35. The number of fused-ring (bicyclic) bond motifs is 1. The summed E-state index contributed by atoms with van der Waals surface area (Å²) in [7, 11) is 1.62. The monoisotopic (exact) mass is 285 g/mol. The van der Waals surface area contributed by atoms with Crippen LogP contribution in [0.1, 0.15) is 18.4 Å². The van der Waals surface area contributed by atoms with Gasteiger partial charge in [-0.05, 0) is 24.1 Å². The molecule has 0 saturated heterocycles. The van der Waals surface area contributed by atoms with Crippen LogP contribution < -0.4 is 0 Å². The maximum absolute atomic E-state index is 12.0. The van der Waals surface area contributed by atoms with Crippen molar-refractivity contribution < 1.29 is 9.53 Å². The van der Waals surface area contributed by atoms with Crippen molar-refractivity contribution in [2.24, 2.45) is 0 Å². The second-order valence-corrected chi connectivity index (χ2v) is 5.16. The van der Waals surface area contributed by atoms with E-state index in [9.17, 15) is 4.79 Å². The first kappa shape index (κ1) is 13.8. The molecule has 0 fully saturated rings. The molecule has 3 heterocycles. The zero-order valence-corrected chi connectivity index (χ0v) is 12.1. The molecule has 0 aromatic carbocycles. The zero-order chi connectivity index (χ0) is 14.7. The minimum Gasteiger partial charge on any atom is -0.384 e. The number of methoxy groups -OCH3 is 1. The summed E-state index contributed by atoms with van der Waals surface area (Å²) in [6.07, 6.45) is 7.26. The third kappa shape index (κ3) is 2.83. The first-order chi connectivity index (χ1) is 10.3. The third-order valence-electron chi connectivity index (χ3n) is 3.86. The summed E-state index contributed by atoms with van der Waals surface area (Å²) in [5.74, 6) is 0.157. The third-order valence-corrected chi connectivity index (χ3v) is 3.86. The Labute approximate surface area is 123 Å². The average Bonchev–Trinajstić information content (AvgIpc) is 2.97. The minimum atomic E-state index is 0.157. The number of rotatable bonds is 4. The Morgan fingerprint density at radius 2 is 2.43 bits per heavy atom. The van der Waals surface area contributed by atoms with Crippen LogP contribution in [-0.4, -0.2) is 47.6 Å². The first-order valence-electron chi connectivity index (χ1n) is 7.18. The highest BCUT2D eigenvalue weighted by Gasteiger charge is 2.19. The van der Waals surface area contributed by atoms with Gasteiger partial charge >= 0.3 is 0 Å². The summed E-state index contributed by atoms with van der Waals surface area (Å²) >= 11 is 0. The van der Waals surface area contributed by atoms with Crippen molar-refractivity contribution >= 4 is 22.5 Å². The molecule has 0 bridgehead atoms. The smallest absolute Gasteiger partial charge is 0.225 e. The Bertz CT molecular complexity index is 675. The molecular weight excluding hydrogens is 266 g/mol. The van der Waals surface area contributed by atoms with Crippen LogP contribution in [0.25, 0.3) is 16.6 Å². The van der Waals surface area contributed by atoms with E-state index in [1.165, 1.54) is 5.57 Å². The minimum absolute atomic E-state index is 0.157. The molecule has 21 heavy (non-hydrogen) atoms. The van der Waals surface area contributed by atoms with E-state index in [-0.39, 0.29) is 5.91 Å². The SMILES string of the molecule is COCCC(=O)N1CC=C(c2c[nH]c3cccnc23)CC1. The maximum atomic E-state index is 12.0. The standard InChI is InChI=1S/C16H19N3O2/c1-21-10-6-15(20)19-8-4-12(5-9-19)13-11-18-14-3-2-7-17-16(13)14/h2-4,7,11,18H,5-6,8-10H2,1H3. The zero-order valence-electron chi connectivity index (χ0n) is 12.1. The van der Waals surface area contributed by atoms with E-state index in [1.54, 1.807) is 7.11 Å². The van der Waals surface area contributed by atoms with Crippen molar-refractivity contribution in [1.29, 1.82) is 0 Å². The molecule has 1 amide bonds. The first-order valence-corrected chi connectivity index (χ1v) is 7.18. The molecule has 1 aliphatic heterocycles. The van der Waals surface area contributed by atoms with E-state index >= 15 is 0 Å². The van der Waals surface area contributed by atoms with Crippen LogP contribution in [0, 0.1) is 0 Å². The van der Waals surface area contributed by atoms with E-state index in [0.717, 1.165) is 29.6 Å². The molecule has 0 atom stereocenters. The number of amides is 1. The van der Waals surface area contributed by atoms with Gasteiger partial charge in [0.25, 0.3) is 0 Å². The van der Waals surface area contributed by atoms with Gasteiger partial charge in [0.1, 0.15) is 0 Å². The van der Waals surface area contributed by atoms with Gasteiger partial charge in [-0.25, -0.2) is 0 Å². The number of carbonyl (C=O) groups excluding carboxylic acids is 1. The fourth-order valence-corrected chi connectivity index (χ4v) is 2.69. The fraction of sp³-hybridized carbons (Fsp3) is 0.375. The summed E-state index contributed by atoms with van der Waals surface area (Å²) in [4.78, 5) is 21.5. The Morgan fingerprint density at radius 1 is 1.52 bits per heavy atom. The lowest BCUT2D eigenvalue weighted by molar-refractivity contribution is -0.131. The highest BCUT2D eigenvalue weighted by molar-refractivity contribution is 5.90. The molecule has 0 spiro atoms. The number of H-pyrrole nitrogens is 1. The largest absolute Gasteiger partial charge is 0.384 e. The van der Waals surface area contributed by atoms with Gasteiger partial charge in [0.05, 0.1) is 24.1 Å². The molecule has 1 N–H and O–H groups in total. The van der Waals surface area contributed by atoms with E-state index < -0.39 is 0 Å². The van der Waals surface area contributed by atoms with E-state index in [0.29, 0.717) is 19.6 Å². The number of nitrogens with zero attached hydrogens (tertiary/aromatic N) is 2. The van der Waals surface area contributed by atoms with Gasteiger partial charge < -0.3 is 14.6 Å². The summed E-state index contributed by atoms with van der Waals surface area (Å²) in [5, 5.41) is 0. The molecule has 3 rings (SSSR count). The van der Waals surface area contributed by atoms with Crippen LogP contribution in [0.5, 0.6) is 0 Å². The van der Waals surface area contributed by atoms with Crippen molar-refractivity contribution in [3.05, 3.63) is 36.2 Å². The normalized spacial score (nSPS) is 15.3. The number of hydrogen-bond acceptors (Lipinski definition) is 3. The van der Waals surface area contributed by atoms with Gasteiger partial charge in [-0.1, -0.05) is 6.08 Å². The highest BCUT2D eigenvalue weighted by atomic mass is 16.5. The molecule has 110 valence electrons. The second kappa shape index (κ2) is 6.10. The highest BCUT2D eigenvalue weighted by Crippen LogP contribution is 2.27. The van der Waals surface area contributed by atoms with E-state index in [4.69, 9.17) is 4.74 Å². The molecule has 1 aliphatic rings. The molecule has 0 aliphatic carbocycles. The lowest BCUT2D eigenvalue weighted by Gasteiger charge is -2.26. The number of pyridine rings is 1. The number of ether oxygens (including phenoxy) is 1. The quantitative estimate of drug-likeness (QED) is 0.937. The van der Waals surface area contributed by atoms with Gasteiger partial charge in [0.15, 0.2) is 0 Å². The Balaban J connectivity index is 1.74. The lowest BCUT2D eigenvalue weighted by atomic mass is 10.0. The van der Waals surface area contributed by atoms with Gasteiger partial charge in [0.2, 0.25) is 5.91 Å². The molecular formula is C16H19N3O2. The topological polar surface area (TPSA) is 58.2 Å². The van der Waals surface area contributed by atoms with Gasteiger partial charge in [-0.3, -0.25) is 9.78 Å². The Hall–Kier alpha value is -2.14. The average molecular weight is 285 g/mol. The Kier molecular flexibility index (Phi) is 4.01. The van der Waals surface area contributed by atoms with Crippen LogP contribution in [0.2, 0.25) is 0 Å². The van der Waals surface area contributed by atoms with Gasteiger partial charge in [-0.2, -0.15) is 0 Å². The molecule has 2 aromatic heterocycles. The van der Waals surface area contributed by atoms with Crippen LogP contribution in [0.3, 0.4) is 0 Å². The maximum Gasteiger partial charge on any atom is 0.225 e. The number of hydrogen-bond donors (Lipinski definition) is 1. The summed E-state index contributed by atoms with van der Waals surface area (Å²) in [5.41, 5.74) is 4.46. The molecule has 0 radical (unpaired) electrons. The number of aromatic nitrogens is 2. The summed E-state index contributed by atoms with van der Waals surface area (Å²) in [6, 6.07) is 3.95. The Morgan fingerprint density at radius 3 is 3.19 bits per heavy atom. The number of nitrogens with one attached hydrogen (secondary N) is 1. The summed E-state index contributed by atoms with van der Waals surface area (Å²) in [6.45, 7) is 1.91. The van der Waals surface area contributed by atoms with Crippen molar-refractivity contribution in [1.82, 2.24) is 14.9 Å². The van der Waals surface area contributed by atoms with E-state index in [2.05, 4.69) is 16.0 Å². The van der Waals surface area contributed by atoms with Crippen molar-refractivity contribution in [2.45, 2.75) is 12.8 Å². The van der Waals surface area contributed by atoms with Crippen LogP contribution in [0.15, 0.2) is 30.6 Å². The van der Waals surface area contributed by atoms with E-state index in [1.807, 2.05) is 29.4 Å². The number of aromatic amines is 1.